The molecule has 1 aromatic heterocycles. The summed E-state index contributed by atoms with van der Waals surface area (Å²) in [6.45, 7) is 7.92. The minimum Gasteiger partial charge on any atom is -0.337 e. The van der Waals surface area contributed by atoms with E-state index in [0.29, 0.717) is 23.9 Å². The average Bonchev–Trinajstić information content (AvgIpc) is 3.42. The Balaban J connectivity index is 1.13. The van der Waals surface area contributed by atoms with Crippen LogP contribution in [0.2, 0.25) is 0 Å². The Morgan fingerprint density at radius 3 is 2.55 bits per heavy atom. The van der Waals surface area contributed by atoms with Crippen LogP contribution in [0, 0.1) is 24.2 Å². The zero-order valence-corrected chi connectivity index (χ0v) is 26.5. The Kier molecular flexibility index (Phi) is 8.72. The summed E-state index contributed by atoms with van der Waals surface area (Å²) in [5, 5.41) is 0. The van der Waals surface area contributed by atoms with Crippen molar-refractivity contribution in [2.75, 3.05) is 12.3 Å². The molecule has 2 bridgehead atoms. The number of carbonyl (C=O) groups is 1. The molecule has 0 radical (unpaired) electrons. The van der Waals surface area contributed by atoms with E-state index in [2.05, 4.69) is 48.7 Å². The number of benzene rings is 2. The molecule has 2 fully saturated rings. The first kappa shape index (κ1) is 29.3. The van der Waals surface area contributed by atoms with E-state index in [0.717, 1.165) is 54.1 Å². The molecule has 0 spiro atoms. The van der Waals surface area contributed by atoms with Gasteiger partial charge in [-0.05, 0) is 99.2 Å². The third kappa shape index (κ3) is 6.02. The molecule has 224 valence electrons. The van der Waals surface area contributed by atoms with Crippen LogP contribution in [0.5, 0.6) is 0 Å². The molecule has 2 heterocycles. The molecule has 0 saturated heterocycles. The van der Waals surface area contributed by atoms with E-state index in [1.807, 2.05) is 35.2 Å². The molecule has 2 aliphatic carbocycles. The van der Waals surface area contributed by atoms with Gasteiger partial charge in [0.2, 0.25) is 5.91 Å². The van der Waals surface area contributed by atoms with E-state index in [9.17, 15) is 9.00 Å². The van der Waals surface area contributed by atoms with Crippen molar-refractivity contribution in [3.8, 4) is 0 Å². The maximum absolute atomic E-state index is 12.9. The number of amides is 1. The van der Waals surface area contributed by atoms with Crippen LogP contribution in [-0.2, 0) is 28.6 Å². The lowest BCUT2D eigenvalue weighted by Gasteiger charge is -2.44. The fraction of sp³-hybridized carbons (Fsp3) is 0.556. The number of imidazole rings is 1. The van der Waals surface area contributed by atoms with Crippen LogP contribution in [0.3, 0.4) is 0 Å². The van der Waals surface area contributed by atoms with E-state index in [1.165, 1.54) is 55.5 Å². The van der Waals surface area contributed by atoms with Crippen LogP contribution in [0.1, 0.15) is 99.9 Å². The Hall–Kier alpha value is -2.73. The number of aryl methyl sites for hydroxylation is 1. The molecule has 6 heteroatoms. The van der Waals surface area contributed by atoms with Gasteiger partial charge in [-0.15, -0.1) is 0 Å². The maximum atomic E-state index is 12.9. The first-order valence-electron chi connectivity index (χ1n) is 16.1. The number of aromatic nitrogens is 2. The first-order valence-corrected chi connectivity index (χ1v) is 17.4. The molecular formula is C36H47N3O2S. The lowest BCUT2D eigenvalue weighted by atomic mass is 9.64. The van der Waals surface area contributed by atoms with Gasteiger partial charge in [0.25, 0.3) is 0 Å². The van der Waals surface area contributed by atoms with Crippen LogP contribution < -0.4 is 0 Å². The summed E-state index contributed by atoms with van der Waals surface area (Å²) in [7, 11) is -0.929. The van der Waals surface area contributed by atoms with Gasteiger partial charge in [-0.25, -0.2) is 4.98 Å². The van der Waals surface area contributed by atoms with E-state index < -0.39 is 10.8 Å². The van der Waals surface area contributed by atoms with E-state index in [4.69, 9.17) is 4.98 Å². The molecule has 1 amide bonds. The van der Waals surface area contributed by atoms with Crippen molar-refractivity contribution in [3.05, 3.63) is 83.4 Å². The SMILES string of the molecule is CC(=O)N1CCc2nc(C)n(C3CC4CC[C@@](C)(C3)C4CCC(CCCS(=O)c3ccccc3)c3ccccc3)c2C1. The topological polar surface area (TPSA) is 55.2 Å². The predicted octanol–water partition coefficient (Wildman–Crippen LogP) is 7.62. The van der Waals surface area contributed by atoms with Crippen molar-refractivity contribution in [3.63, 3.8) is 0 Å². The summed E-state index contributed by atoms with van der Waals surface area (Å²) in [5.74, 6) is 4.05. The van der Waals surface area contributed by atoms with Gasteiger partial charge in [0.15, 0.2) is 0 Å². The van der Waals surface area contributed by atoms with Crippen LogP contribution in [0.25, 0.3) is 0 Å². The molecule has 6 atom stereocenters. The molecule has 0 N–H and O–H groups in total. The Morgan fingerprint density at radius 1 is 1.10 bits per heavy atom. The molecule has 5 unspecified atom stereocenters. The van der Waals surface area contributed by atoms with E-state index in [1.54, 1.807) is 6.92 Å². The van der Waals surface area contributed by atoms with E-state index in [-0.39, 0.29) is 5.91 Å². The van der Waals surface area contributed by atoms with Crippen LogP contribution in [0.15, 0.2) is 65.6 Å². The second-order valence-electron chi connectivity index (χ2n) is 13.5. The minimum atomic E-state index is -0.929. The zero-order valence-electron chi connectivity index (χ0n) is 25.6. The Labute approximate surface area is 254 Å². The highest BCUT2D eigenvalue weighted by Gasteiger charge is 2.51. The number of carbonyl (C=O) groups excluding carboxylic acids is 1. The third-order valence-corrected chi connectivity index (χ3v) is 12.3. The lowest BCUT2D eigenvalue weighted by molar-refractivity contribution is -0.129. The monoisotopic (exact) mass is 585 g/mol. The van der Waals surface area contributed by atoms with Crippen molar-refractivity contribution in [1.82, 2.24) is 14.5 Å². The number of rotatable bonds is 10. The van der Waals surface area contributed by atoms with Crippen LogP contribution >= 0.6 is 0 Å². The largest absolute Gasteiger partial charge is 0.337 e. The molecule has 2 aromatic carbocycles. The van der Waals surface area contributed by atoms with Gasteiger partial charge < -0.3 is 9.47 Å². The van der Waals surface area contributed by atoms with Crippen LogP contribution in [-0.4, -0.2) is 36.9 Å². The van der Waals surface area contributed by atoms with E-state index >= 15 is 0 Å². The smallest absolute Gasteiger partial charge is 0.219 e. The number of hydrogen-bond donors (Lipinski definition) is 0. The van der Waals surface area contributed by atoms with Crippen molar-refractivity contribution in [1.29, 1.82) is 0 Å². The van der Waals surface area contributed by atoms with Gasteiger partial charge in [-0.1, -0.05) is 55.5 Å². The summed E-state index contributed by atoms with van der Waals surface area (Å²) < 4.78 is 15.4. The first-order chi connectivity index (χ1) is 20.3. The van der Waals surface area contributed by atoms with Crippen molar-refractivity contribution in [2.45, 2.75) is 102 Å². The molecule has 42 heavy (non-hydrogen) atoms. The van der Waals surface area contributed by atoms with Crippen molar-refractivity contribution in [2.24, 2.45) is 17.3 Å². The molecule has 3 aliphatic rings. The third-order valence-electron chi connectivity index (χ3n) is 10.9. The van der Waals surface area contributed by atoms with Gasteiger partial charge in [0.1, 0.15) is 5.82 Å². The van der Waals surface area contributed by atoms with Gasteiger partial charge in [0, 0.05) is 36.6 Å². The van der Waals surface area contributed by atoms with Gasteiger partial charge in [-0.3, -0.25) is 9.00 Å². The van der Waals surface area contributed by atoms with Gasteiger partial charge in [-0.2, -0.15) is 0 Å². The maximum Gasteiger partial charge on any atom is 0.219 e. The van der Waals surface area contributed by atoms with Crippen molar-refractivity contribution >= 4 is 16.7 Å². The zero-order chi connectivity index (χ0) is 29.3. The highest BCUT2D eigenvalue weighted by atomic mass is 32.2. The number of hydrogen-bond acceptors (Lipinski definition) is 3. The fourth-order valence-electron chi connectivity index (χ4n) is 8.76. The molecule has 2 saturated carbocycles. The quantitative estimate of drug-likeness (QED) is 0.246. The van der Waals surface area contributed by atoms with Crippen LogP contribution in [0.4, 0.5) is 0 Å². The summed E-state index contributed by atoms with van der Waals surface area (Å²) >= 11 is 0. The second kappa shape index (κ2) is 12.5. The summed E-state index contributed by atoms with van der Waals surface area (Å²) in [5.41, 5.74) is 4.29. The minimum absolute atomic E-state index is 0.168. The molecule has 5 nitrogen and oxygen atoms in total. The fourth-order valence-corrected chi connectivity index (χ4v) is 9.89. The predicted molar refractivity (Wildman–Crippen MR) is 170 cm³/mol. The summed E-state index contributed by atoms with van der Waals surface area (Å²) in [6, 6.07) is 21.4. The second-order valence-corrected chi connectivity index (χ2v) is 15.0. The van der Waals surface area contributed by atoms with Gasteiger partial charge in [0.05, 0.1) is 28.7 Å². The summed E-state index contributed by atoms with van der Waals surface area (Å²) in [6.07, 6.45) is 10.5. The Bertz CT molecular complexity index is 1400. The molecule has 3 aromatic rings. The standard InChI is InChI=1S/C36H47N3O2S/c1-26-37-34-19-21-38(27(2)40)25-35(34)39(26)31-23-30-18-20-36(3,24-31)33(30)17-16-29(28-11-6-4-7-12-28)13-10-22-42(41)32-14-8-5-9-15-32/h4-9,11-12,14-15,29-31,33H,10,13,16-25H2,1-3H3/t29?,30?,31?,33?,36-,42?/m0/s1. The highest BCUT2D eigenvalue weighted by molar-refractivity contribution is 7.85. The van der Waals surface area contributed by atoms with Crippen molar-refractivity contribution < 1.29 is 9.00 Å². The summed E-state index contributed by atoms with van der Waals surface area (Å²) in [4.78, 5) is 20.1. The van der Waals surface area contributed by atoms with Gasteiger partial charge >= 0.3 is 0 Å². The highest BCUT2D eigenvalue weighted by Crippen LogP contribution is 2.60. The number of fused-ring (bicyclic) bond motifs is 3. The number of nitrogens with zero attached hydrogens (tertiary/aromatic N) is 3. The normalized spacial score (nSPS) is 26.5. The molecule has 6 rings (SSSR count). The molecule has 1 aliphatic heterocycles. The Morgan fingerprint density at radius 2 is 1.83 bits per heavy atom. The lowest BCUT2D eigenvalue weighted by Crippen LogP contribution is -2.38. The molecular weight excluding hydrogens is 538 g/mol. The average molecular weight is 586 g/mol.